The highest BCUT2D eigenvalue weighted by molar-refractivity contribution is 5.93. The zero-order valence-electron chi connectivity index (χ0n) is 10.1. The van der Waals surface area contributed by atoms with Crippen molar-refractivity contribution in [1.29, 1.82) is 0 Å². The van der Waals surface area contributed by atoms with Crippen LogP contribution in [0.15, 0.2) is 18.2 Å². The van der Waals surface area contributed by atoms with Crippen molar-refractivity contribution in [2.45, 2.75) is 25.8 Å². The monoisotopic (exact) mass is 233 g/mol. The van der Waals surface area contributed by atoms with Gasteiger partial charge in [-0.1, -0.05) is 0 Å². The Labute approximate surface area is 102 Å². The normalized spacial score (nSPS) is 19.9. The van der Waals surface area contributed by atoms with Crippen molar-refractivity contribution in [2.75, 3.05) is 18.4 Å². The van der Waals surface area contributed by atoms with Gasteiger partial charge < -0.3 is 16.4 Å². The summed E-state index contributed by atoms with van der Waals surface area (Å²) in [6.07, 6.45) is 2.39. The first-order valence-electron chi connectivity index (χ1n) is 6.04. The van der Waals surface area contributed by atoms with Crippen molar-refractivity contribution in [3.05, 3.63) is 29.3 Å². The zero-order valence-corrected chi connectivity index (χ0v) is 10.1. The lowest BCUT2D eigenvalue weighted by molar-refractivity contribution is 0.1000. The summed E-state index contributed by atoms with van der Waals surface area (Å²) in [5, 5.41) is 6.87. The van der Waals surface area contributed by atoms with Crippen LogP contribution in [0.1, 0.15) is 28.8 Å². The van der Waals surface area contributed by atoms with Crippen LogP contribution in [0.2, 0.25) is 0 Å². The summed E-state index contributed by atoms with van der Waals surface area (Å²) in [7, 11) is 0. The Morgan fingerprint density at radius 2 is 2.35 bits per heavy atom. The third kappa shape index (κ3) is 2.97. The van der Waals surface area contributed by atoms with Gasteiger partial charge in [-0.2, -0.15) is 0 Å². The van der Waals surface area contributed by atoms with Gasteiger partial charge in [0.1, 0.15) is 0 Å². The van der Waals surface area contributed by atoms with Crippen LogP contribution in [0, 0.1) is 6.92 Å². The van der Waals surface area contributed by atoms with E-state index in [0.717, 1.165) is 24.3 Å². The number of anilines is 1. The first-order chi connectivity index (χ1) is 8.16. The van der Waals surface area contributed by atoms with Gasteiger partial charge in [0.15, 0.2) is 0 Å². The molecule has 4 heteroatoms. The summed E-state index contributed by atoms with van der Waals surface area (Å²) in [4.78, 5) is 11.0. The maximum absolute atomic E-state index is 11.0. The van der Waals surface area contributed by atoms with E-state index in [4.69, 9.17) is 5.73 Å². The second-order valence-corrected chi connectivity index (χ2v) is 4.58. The molecule has 1 atom stereocenters. The molecule has 0 aromatic heterocycles. The lowest BCUT2D eigenvalue weighted by Gasteiger charge is -2.25. The second-order valence-electron chi connectivity index (χ2n) is 4.58. The SMILES string of the molecule is Cc1cc(C(N)=O)ccc1NC1CCCNC1. The predicted molar refractivity (Wildman–Crippen MR) is 69.2 cm³/mol. The van der Waals surface area contributed by atoms with Crippen LogP contribution in [-0.4, -0.2) is 25.0 Å². The molecular formula is C13H19N3O. The van der Waals surface area contributed by atoms with Gasteiger partial charge in [0.25, 0.3) is 0 Å². The topological polar surface area (TPSA) is 67.2 Å². The van der Waals surface area contributed by atoms with Crippen LogP contribution < -0.4 is 16.4 Å². The quantitative estimate of drug-likeness (QED) is 0.736. The van der Waals surface area contributed by atoms with Crippen molar-refractivity contribution in [3.8, 4) is 0 Å². The summed E-state index contributed by atoms with van der Waals surface area (Å²) in [6, 6.07) is 6.01. The average molecular weight is 233 g/mol. The van der Waals surface area contributed by atoms with E-state index >= 15 is 0 Å². The fourth-order valence-corrected chi connectivity index (χ4v) is 2.17. The molecule has 1 aromatic rings. The lowest BCUT2D eigenvalue weighted by Crippen LogP contribution is -2.38. The number of nitrogens with one attached hydrogen (secondary N) is 2. The number of piperidine rings is 1. The first kappa shape index (κ1) is 11.9. The van der Waals surface area contributed by atoms with Crippen LogP contribution in [0.3, 0.4) is 0 Å². The second kappa shape index (κ2) is 5.19. The van der Waals surface area contributed by atoms with E-state index in [1.54, 1.807) is 6.07 Å². The number of rotatable bonds is 3. The molecule has 1 aromatic carbocycles. The molecule has 4 N–H and O–H groups in total. The maximum Gasteiger partial charge on any atom is 0.248 e. The van der Waals surface area contributed by atoms with E-state index < -0.39 is 0 Å². The van der Waals surface area contributed by atoms with Crippen LogP contribution >= 0.6 is 0 Å². The Morgan fingerprint density at radius 1 is 1.53 bits per heavy atom. The molecule has 2 rings (SSSR count). The maximum atomic E-state index is 11.0. The molecule has 1 fully saturated rings. The minimum absolute atomic E-state index is 0.376. The molecule has 92 valence electrons. The summed E-state index contributed by atoms with van der Waals surface area (Å²) in [6.45, 7) is 4.10. The smallest absolute Gasteiger partial charge is 0.248 e. The molecule has 1 aliphatic rings. The predicted octanol–water partition coefficient (Wildman–Crippen LogP) is 1.26. The van der Waals surface area contributed by atoms with Gasteiger partial charge in [0.2, 0.25) is 5.91 Å². The fourth-order valence-electron chi connectivity index (χ4n) is 2.17. The van der Waals surface area contributed by atoms with Crippen molar-refractivity contribution < 1.29 is 4.79 Å². The summed E-state index contributed by atoms with van der Waals surface area (Å²) in [5.74, 6) is -0.376. The van der Waals surface area contributed by atoms with Gasteiger partial charge in [-0.05, 0) is 50.1 Å². The molecule has 0 bridgehead atoms. The van der Waals surface area contributed by atoms with Gasteiger partial charge >= 0.3 is 0 Å². The standard InChI is InChI=1S/C13H19N3O/c1-9-7-10(13(14)17)4-5-12(9)16-11-3-2-6-15-8-11/h4-5,7,11,15-16H,2-3,6,8H2,1H3,(H2,14,17). The largest absolute Gasteiger partial charge is 0.381 e. The number of nitrogens with two attached hydrogens (primary N) is 1. The first-order valence-corrected chi connectivity index (χ1v) is 6.04. The third-order valence-electron chi connectivity index (χ3n) is 3.17. The lowest BCUT2D eigenvalue weighted by atomic mass is 10.0. The number of benzene rings is 1. The van der Waals surface area contributed by atoms with Crippen molar-refractivity contribution in [2.24, 2.45) is 5.73 Å². The minimum atomic E-state index is -0.376. The zero-order chi connectivity index (χ0) is 12.3. The minimum Gasteiger partial charge on any atom is -0.381 e. The molecule has 0 aliphatic carbocycles. The van der Waals surface area contributed by atoms with E-state index in [0.29, 0.717) is 11.6 Å². The van der Waals surface area contributed by atoms with Crippen molar-refractivity contribution in [1.82, 2.24) is 5.32 Å². The molecule has 17 heavy (non-hydrogen) atoms. The average Bonchev–Trinajstić information content (AvgIpc) is 2.33. The molecule has 1 heterocycles. The van der Waals surface area contributed by atoms with Gasteiger partial charge in [-0.15, -0.1) is 0 Å². The van der Waals surface area contributed by atoms with E-state index in [-0.39, 0.29) is 5.91 Å². The number of carbonyl (C=O) groups excluding carboxylic acids is 1. The van der Waals surface area contributed by atoms with Gasteiger partial charge in [-0.25, -0.2) is 0 Å². The van der Waals surface area contributed by atoms with Crippen LogP contribution in [0.4, 0.5) is 5.69 Å². The Balaban J connectivity index is 2.08. The van der Waals surface area contributed by atoms with Gasteiger partial charge in [-0.3, -0.25) is 4.79 Å². The summed E-state index contributed by atoms with van der Waals surface area (Å²) >= 11 is 0. The Kier molecular flexibility index (Phi) is 3.64. The van der Waals surface area contributed by atoms with E-state index in [2.05, 4.69) is 10.6 Å². The molecule has 4 nitrogen and oxygen atoms in total. The third-order valence-corrected chi connectivity index (χ3v) is 3.17. The molecule has 0 saturated carbocycles. The molecule has 0 radical (unpaired) electrons. The number of primary amides is 1. The van der Waals surface area contributed by atoms with Gasteiger partial charge in [0.05, 0.1) is 0 Å². The molecule has 1 aliphatic heterocycles. The van der Waals surface area contributed by atoms with E-state index in [1.165, 1.54) is 12.8 Å². The molecule has 1 saturated heterocycles. The highest BCUT2D eigenvalue weighted by Crippen LogP contribution is 2.19. The van der Waals surface area contributed by atoms with Crippen LogP contribution in [0.25, 0.3) is 0 Å². The molecule has 1 amide bonds. The fraction of sp³-hybridized carbons (Fsp3) is 0.462. The van der Waals surface area contributed by atoms with Crippen LogP contribution in [-0.2, 0) is 0 Å². The van der Waals surface area contributed by atoms with Crippen LogP contribution in [0.5, 0.6) is 0 Å². The highest BCUT2D eigenvalue weighted by Gasteiger charge is 2.13. The summed E-state index contributed by atoms with van der Waals surface area (Å²) in [5.41, 5.74) is 7.96. The molecule has 0 spiro atoms. The van der Waals surface area contributed by atoms with Gasteiger partial charge in [0, 0.05) is 23.8 Å². The Bertz CT molecular complexity index is 411. The number of carbonyl (C=O) groups is 1. The Morgan fingerprint density at radius 3 is 2.94 bits per heavy atom. The highest BCUT2D eigenvalue weighted by atomic mass is 16.1. The molecular weight excluding hydrogens is 214 g/mol. The number of amides is 1. The number of hydrogen-bond acceptors (Lipinski definition) is 3. The number of hydrogen-bond donors (Lipinski definition) is 3. The van der Waals surface area contributed by atoms with Crippen molar-refractivity contribution >= 4 is 11.6 Å². The summed E-state index contributed by atoms with van der Waals surface area (Å²) < 4.78 is 0. The van der Waals surface area contributed by atoms with E-state index in [1.807, 2.05) is 19.1 Å². The molecule has 1 unspecified atom stereocenters. The van der Waals surface area contributed by atoms with Crippen molar-refractivity contribution in [3.63, 3.8) is 0 Å². The Hall–Kier alpha value is -1.55. The number of aryl methyl sites for hydroxylation is 1. The van der Waals surface area contributed by atoms with E-state index in [9.17, 15) is 4.79 Å².